The molecule has 1 heteroatoms. The lowest BCUT2D eigenvalue weighted by molar-refractivity contribution is 0.389. The topological polar surface area (TPSA) is 12.0 Å². The van der Waals surface area contributed by atoms with Crippen molar-refractivity contribution in [2.24, 2.45) is 0 Å². The third-order valence-corrected chi connectivity index (χ3v) is 4.32. The van der Waals surface area contributed by atoms with Crippen molar-refractivity contribution in [1.29, 1.82) is 0 Å². The predicted molar refractivity (Wildman–Crippen MR) is 68.9 cm³/mol. The SMILES string of the molecule is C[C@]12N[C@@H](Cc3ccccc31)c1ccccc12. The van der Waals surface area contributed by atoms with Crippen molar-refractivity contribution in [3.8, 4) is 0 Å². The van der Waals surface area contributed by atoms with E-state index in [4.69, 9.17) is 0 Å². The molecule has 1 nitrogen and oxygen atoms in total. The quantitative estimate of drug-likeness (QED) is 0.720. The minimum absolute atomic E-state index is 0.0100. The van der Waals surface area contributed by atoms with E-state index in [0.29, 0.717) is 6.04 Å². The molecule has 0 unspecified atom stereocenters. The van der Waals surface area contributed by atoms with Crippen LogP contribution in [0.2, 0.25) is 0 Å². The fourth-order valence-corrected chi connectivity index (χ4v) is 3.55. The molecule has 0 fully saturated rings. The number of nitrogens with one attached hydrogen (secondary N) is 1. The van der Waals surface area contributed by atoms with Crippen molar-refractivity contribution in [3.63, 3.8) is 0 Å². The maximum absolute atomic E-state index is 3.79. The van der Waals surface area contributed by atoms with Gasteiger partial charge in [-0.25, -0.2) is 0 Å². The van der Waals surface area contributed by atoms with E-state index < -0.39 is 0 Å². The van der Waals surface area contributed by atoms with Crippen LogP contribution in [0.5, 0.6) is 0 Å². The maximum Gasteiger partial charge on any atom is 0.0672 e. The van der Waals surface area contributed by atoms with Crippen LogP contribution in [0.25, 0.3) is 0 Å². The summed E-state index contributed by atoms with van der Waals surface area (Å²) in [5.41, 5.74) is 5.88. The molecular weight excluding hydrogens is 206 g/mol. The molecule has 0 saturated carbocycles. The average molecular weight is 221 g/mol. The second kappa shape index (κ2) is 2.99. The van der Waals surface area contributed by atoms with Crippen molar-refractivity contribution >= 4 is 0 Å². The van der Waals surface area contributed by atoms with Gasteiger partial charge in [-0.1, -0.05) is 48.5 Å². The van der Waals surface area contributed by atoms with Crippen LogP contribution in [0.3, 0.4) is 0 Å². The van der Waals surface area contributed by atoms with Crippen molar-refractivity contribution in [2.45, 2.75) is 24.9 Å². The number of hydrogen-bond acceptors (Lipinski definition) is 1. The first kappa shape index (κ1) is 9.43. The molecule has 4 rings (SSSR count). The molecule has 2 bridgehead atoms. The smallest absolute Gasteiger partial charge is 0.0672 e. The van der Waals surface area contributed by atoms with E-state index in [1.54, 1.807) is 0 Å². The zero-order valence-electron chi connectivity index (χ0n) is 9.90. The van der Waals surface area contributed by atoms with Gasteiger partial charge < -0.3 is 0 Å². The average Bonchev–Trinajstić information content (AvgIpc) is 2.61. The van der Waals surface area contributed by atoms with Gasteiger partial charge in [0.1, 0.15) is 0 Å². The fraction of sp³-hybridized carbons (Fsp3) is 0.250. The molecule has 2 aromatic carbocycles. The molecule has 2 aromatic rings. The summed E-state index contributed by atoms with van der Waals surface area (Å²) in [6.07, 6.45) is 1.11. The molecule has 84 valence electrons. The summed E-state index contributed by atoms with van der Waals surface area (Å²) in [5, 5.41) is 3.79. The lowest BCUT2D eigenvalue weighted by atomic mass is 9.82. The Morgan fingerprint density at radius 3 is 2.59 bits per heavy atom. The van der Waals surface area contributed by atoms with Crippen LogP contribution in [0, 0.1) is 0 Å². The third-order valence-electron chi connectivity index (χ3n) is 4.32. The van der Waals surface area contributed by atoms with Crippen molar-refractivity contribution in [1.82, 2.24) is 5.32 Å². The molecule has 2 aliphatic heterocycles. The lowest BCUT2D eigenvalue weighted by Gasteiger charge is -2.34. The van der Waals surface area contributed by atoms with Gasteiger partial charge in [0.15, 0.2) is 0 Å². The summed E-state index contributed by atoms with van der Waals surface area (Å²) < 4.78 is 0. The Morgan fingerprint density at radius 2 is 1.71 bits per heavy atom. The highest BCUT2D eigenvalue weighted by Gasteiger charge is 2.45. The Hall–Kier alpha value is -1.60. The summed E-state index contributed by atoms with van der Waals surface area (Å²) in [5.74, 6) is 0. The van der Waals surface area contributed by atoms with Gasteiger partial charge in [0, 0.05) is 6.04 Å². The normalized spacial score (nSPS) is 28.6. The predicted octanol–water partition coefficient (Wildman–Crippen LogP) is 3.15. The van der Waals surface area contributed by atoms with Crippen LogP contribution in [0.15, 0.2) is 48.5 Å². The highest BCUT2D eigenvalue weighted by atomic mass is 15.1. The summed E-state index contributed by atoms with van der Waals surface area (Å²) >= 11 is 0. The first-order chi connectivity index (χ1) is 8.29. The van der Waals surface area contributed by atoms with Crippen LogP contribution in [0.1, 0.15) is 35.2 Å². The van der Waals surface area contributed by atoms with E-state index in [1.165, 1.54) is 22.3 Å². The summed E-state index contributed by atoms with van der Waals surface area (Å²) in [4.78, 5) is 0. The van der Waals surface area contributed by atoms with E-state index in [-0.39, 0.29) is 5.54 Å². The van der Waals surface area contributed by atoms with E-state index in [0.717, 1.165) is 6.42 Å². The molecule has 0 saturated heterocycles. The first-order valence-corrected chi connectivity index (χ1v) is 6.24. The molecule has 0 amide bonds. The molecule has 0 spiro atoms. The van der Waals surface area contributed by atoms with Gasteiger partial charge in [-0.2, -0.15) is 0 Å². The number of fused-ring (bicyclic) bond motifs is 7. The summed E-state index contributed by atoms with van der Waals surface area (Å²) in [6.45, 7) is 2.31. The van der Waals surface area contributed by atoms with E-state index in [2.05, 4.69) is 60.8 Å². The Labute approximate surface area is 101 Å². The zero-order chi connectivity index (χ0) is 11.5. The molecular formula is C16H15N. The molecule has 17 heavy (non-hydrogen) atoms. The molecule has 0 radical (unpaired) electrons. The van der Waals surface area contributed by atoms with E-state index in [9.17, 15) is 0 Å². The second-order valence-corrected chi connectivity index (χ2v) is 5.27. The summed E-state index contributed by atoms with van der Waals surface area (Å²) in [7, 11) is 0. The lowest BCUT2D eigenvalue weighted by Crippen LogP contribution is -2.41. The van der Waals surface area contributed by atoms with Crippen LogP contribution in [-0.2, 0) is 12.0 Å². The van der Waals surface area contributed by atoms with Crippen molar-refractivity contribution in [2.75, 3.05) is 0 Å². The van der Waals surface area contributed by atoms with Gasteiger partial charge >= 0.3 is 0 Å². The monoisotopic (exact) mass is 221 g/mol. The zero-order valence-corrected chi connectivity index (χ0v) is 9.90. The Kier molecular flexibility index (Phi) is 1.66. The minimum atomic E-state index is 0.0100. The maximum atomic E-state index is 3.79. The third kappa shape index (κ3) is 1.07. The molecule has 2 aliphatic rings. The second-order valence-electron chi connectivity index (χ2n) is 5.27. The first-order valence-electron chi connectivity index (χ1n) is 6.24. The van der Waals surface area contributed by atoms with Crippen LogP contribution < -0.4 is 5.32 Å². The Morgan fingerprint density at radius 1 is 1.00 bits per heavy atom. The molecule has 0 aromatic heterocycles. The fourth-order valence-electron chi connectivity index (χ4n) is 3.55. The minimum Gasteiger partial charge on any atom is -0.297 e. The van der Waals surface area contributed by atoms with E-state index >= 15 is 0 Å². The standard InChI is InChI=1S/C16H15N/c1-16-13-8-4-2-6-11(13)10-15(17-16)12-7-3-5-9-14(12)16/h2-9,15,17H,10H2,1H3/t15-,16-/m0/s1. The largest absolute Gasteiger partial charge is 0.297 e. The van der Waals surface area contributed by atoms with Crippen LogP contribution in [-0.4, -0.2) is 0 Å². The van der Waals surface area contributed by atoms with Gasteiger partial charge in [-0.15, -0.1) is 0 Å². The number of hydrogen-bond donors (Lipinski definition) is 1. The van der Waals surface area contributed by atoms with Gasteiger partial charge in [0.05, 0.1) is 5.54 Å². The van der Waals surface area contributed by atoms with Gasteiger partial charge in [-0.05, 0) is 35.6 Å². The molecule has 1 N–H and O–H groups in total. The molecule has 2 heterocycles. The molecule has 2 atom stereocenters. The van der Waals surface area contributed by atoms with E-state index in [1.807, 2.05) is 0 Å². The Balaban J connectivity index is 2.05. The molecule has 0 aliphatic carbocycles. The van der Waals surface area contributed by atoms with Crippen molar-refractivity contribution in [3.05, 3.63) is 70.8 Å². The van der Waals surface area contributed by atoms with Crippen LogP contribution in [0.4, 0.5) is 0 Å². The van der Waals surface area contributed by atoms with Crippen molar-refractivity contribution < 1.29 is 0 Å². The highest BCUT2D eigenvalue weighted by Crippen LogP contribution is 2.47. The Bertz CT molecular complexity index is 589. The van der Waals surface area contributed by atoms with Crippen LogP contribution >= 0.6 is 0 Å². The number of benzene rings is 2. The number of rotatable bonds is 0. The highest BCUT2D eigenvalue weighted by molar-refractivity contribution is 5.54. The van der Waals surface area contributed by atoms with Gasteiger partial charge in [-0.3, -0.25) is 5.32 Å². The summed E-state index contributed by atoms with van der Waals surface area (Å²) in [6, 6.07) is 18.2. The van der Waals surface area contributed by atoms with Gasteiger partial charge in [0.2, 0.25) is 0 Å². The van der Waals surface area contributed by atoms with Gasteiger partial charge in [0.25, 0.3) is 0 Å².